The summed E-state index contributed by atoms with van der Waals surface area (Å²) in [5.74, 6) is 1.64. The Morgan fingerprint density at radius 3 is 2.29 bits per heavy atom. The van der Waals surface area contributed by atoms with Crippen molar-refractivity contribution in [3.05, 3.63) is 30.0 Å². The van der Waals surface area contributed by atoms with Crippen molar-refractivity contribution < 1.29 is 0 Å². The van der Waals surface area contributed by atoms with Gasteiger partial charge >= 0.3 is 0 Å². The number of aromatic nitrogens is 4. The predicted octanol–water partition coefficient (Wildman–Crippen LogP) is 3.57. The van der Waals surface area contributed by atoms with Crippen molar-refractivity contribution in [2.75, 3.05) is 22.9 Å². The van der Waals surface area contributed by atoms with Crippen molar-refractivity contribution in [3.8, 4) is 11.4 Å². The van der Waals surface area contributed by atoms with Gasteiger partial charge in [-0.1, -0.05) is 13.8 Å². The minimum Gasteiger partial charge on any atom is -0.399 e. The molecule has 0 bridgehead atoms. The monoisotopic (exact) mass is 382 g/mol. The second-order valence-electron chi connectivity index (χ2n) is 7.79. The summed E-state index contributed by atoms with van der Waals surface area (Å²) in [4.78, 5) is 4.84. The Labute approximate surface area is 166 Å². The third-order valence-electron chi connectivity index (χ3n) is 4.45. The highest BCUT2D eigenvalue weighted by Crippen LogP contribution is 2.38. The van der Waals surface area contributed by atoms with Crippen LogP contribution in [-0.4, -0.2) is 32.3 Å². The van der Waals surface area contributed by atoms with Gasteiger partial charge in [0.2, 0.25) is 5.95 Å². The van der Waals surface area contributed by atoms with Crippen LogP contribution < -0.4 is 22.1 Å². The number of nitrogens with one attached hydrogen (secondary N) is 2. The summed E-state index contributed by atoms with van der Waals surface area (Å²) in [6, 6.07) is 7.72. The SMILES string of the molecule is CC(N)CNc1nc(Nc2ccc(N)cc2)c2nnc(C(C)C)c-2n1C(C)C. The molecule has 0 saturated heterocycles. The highest BCUT2D eigenvalue weighted by Gasteiger charge is 2.28. The molecule has 1 unspecified atom stereocenters. The molecule has 2 aliphatic heterocycles. The first-order valence-electron chi connectivity index (χ1n) is 9.68. The van der Waals surface area contributed by atoms with Crippen LogP contribution in [-0.2, 0) is 0 Å². The Balaban J connectivity index is 2.16. The van der Waals surface area contributed by atoms with Crippen LogP contribution in [0.3, 0.4) is 0 Å². The Hall–Kier alpha value is -2.87. The standard InChI is InChI=1S/C20H30N8/c1-11(2)16-18-17(27-26-16)19(24-15-8-6-14(22)7-9-15)25-20(23-10-13(5)21)28(18)12(3)4/h6-9,11-13,24H,10,21-22H2,1-5H3,(H,23,25). The average molecular weight is 383 g/mol. The van der Waals surface area contributed by atoms with Crippen LogP contribution in [0.5, 0.6) is 0 Å². The van der Waals surface area contributed by atoms with E-state index in [0.29, 0.717) is 18.1 Å². The molecule has 8 nitrogen and oxygen atoms in total. The first-order valence-corrected chi connectivity index (χ1v) is 9.68. The molecule has 3 rings (SSSR count). The fraction of sp³-hybridized carbons (Fsp3) is 0.450. The van der Waals surface area contributed by atoms with Crippen LogP contribution in [0.15, 0.2) is 24.3 Å². The van der Waals surface area contributed by atoms with Crippen molar-refractivity contribution in [3.63, 3.8) is 0 Å². The Morgan fingerprint density at radius 2 is 1.71 bits per heavy atom. The summed E-state index contributed by atoms with van der Waals surface area (Å²) in [6.07, 6.45) is 0. The van der Waals surface area contributed by atoms with Crippen molar-refractivity contribution in [2.24, 2.45) is 5.73 Å². The van der Waals surface area contributed by atoms with Crippen molar-refractivity contribution >= 4 is 23.1 Å². The summed E-state index contributed by atoms with van der Waals surface area (Å²) in [5, 5.41) is 15.7. The number of nitrogen functional groups attached to an aromatic ring is 1. The van der Waals surface area contributed by atoms with Crippen LogP contribution in [0.2, 0.25) is 0 Å². The minimum atomic E-state index is 0.00657. The first-order chi connectivity index (χ1) is 13.3. The van der Waals surface area contributed by atoms with E-state index in [0.717, 1.165) is 28.7 Å². The van der Waals surface area contributed by atoms with Gasteiger partial charge in [0.05, 0.1) is 11.4 Å². The van der Waals surface area contributed by atoms with Crippen molar-refractivity contribution in [1.29, 1.82) is 0 Å². The van der Waals surface area contributed by atoms with Gasteiger partial charge in [0, 0.05) is 30.0 Å². The number of rotatable bonds is 7. The maximum Gasteiger partial charge on any atom is 0.205 e. The molecule has 0 spiro atoms. The normalized spacial score (nSPS) is 12.7. The van der Waals surface area contributed by atoms with Gasteiger partial charge in [0.1, 0.15) is 0 Å². The fourth-order valence-corrected chi connectivity index (χ4v) is 3.09. The molecule has 28 heavy (non-hydrogen) atoms. The van der Waals surface area contributed by atoms with Gasteiger partial charge in [-0.15, -0.1) is 5.10 Å². The Morgan fingerprint density at radius 1 is 1.04 bits per heavy atom. The predicted molar refractivity (Wildman–Crippen MR) is 115 cm³/mol. The summed E-state index contributed by atoms with van der Waals surface area (Å²) in [5.41, 5.74) is 16.1. The lowest BCUT2D eigenvalue weighted by molar-refractivity contribution is 0.591. The minimum absolute atomic E-state index is 0.00657. The maximum atomic E-state index is 5.96. The van der Waals surface area contributed by atoms with E-state index in [1.165, 1.54) is 0 Å². The molecular formula is C20H30N8. The van der Waals surface area contributed by atoms with E-state index >= 15 is 0 Å². The van der Waals surface area contributed by atoms with Gasteiger partial charge in [0.25, 0.3) is 0 Å². The van der Waals surface area contributed by atoms with Crippen LogP contribution in [0.25, 0.3) is 11.4 Å². The summed E-state index contributed by atoms with van der Waals surface area (Å²) in [6.45, 7) is 11.1. The molecule has 0 fully saturated rings. The van der Waals surface area contributed by atoms with Crippen molar-refractivity contribution in [2.45, 2.75) is 52.6 Å². The second-order valence-corrected chi connectivity index (χ2v) is 7.79. The fourth-order valence-electron chi connectivity index (χ4n) is 3.09. The van der Waals surface area contributed by atoms with E-state index in [1.54, 1.807) is 0 Å². The summed E-state index contributed by atoms with van der Waals surface area (Å²) in [7, 11) is 0. The average Bonchev–Trinajstić information content (AvgIpc) is 3.06. The van der Waals surface area contributed by atoms with Gasteiger partial charge in [-0.2, -0.15) is 10.1 Å². The zero-order chi connectivity index (χ0) is 20.4. The van der Waals surface area contributed by atoms with Crippen LogP contribution in [0.1, 0.15) is 52.3 Å². The molecule has 0 radical (unpaired) electrons. The zero-order valence-corrected chi connectivity index (χ0v) is 17.2. The van der Waals surface area contributed by atoms with Gasteiger partial charge in [0.15, 0.2) is 11.5 Å². The van der Waals surface area contributed by atoms with Crippen molar-refractivity contribution in [1.82, 2.24) is 19.7 Å². The van der Waals surface area contributed by atoms with Crippen LogP contribution >= 0.6 is 0 Å². The lowest BCUT2D eigenvalue weighted by atomic mass is 10.1. The lowest BCUT2D eigenvalue weighted by Gasteiger charge is -2.25. The number of hydrogen-bond donors (Lipinski definition) is 4. The van der Waals surface area contributed by atoms with Crippen LogP contribution in [0, 0.1) is 0 Å². The molecule has 6 N–H and O–H groups in total. The molecular weight excluding hydrogens is 352 g/mol. The number of benzene rings is 1. The first kappa shape index (κ1) is 19.9. The number of hydrogen-bond acceptors (Lipinski definition) is 7. The van der Waals surface area contributed by atoms with E-state index in [1.807, 2.05) is 31.2 Å². The highest BCUT2D eigenvalue weighted by atomic mass is 15.3. The molecule has 0 amide bonds. The quantitative estimate of drug-likeness (QED) is 0.461. The summed E-state index contributed by atoms with van der Waals surface area (Å²) >= 11 is 0. The maximum absolute atomic E-state index is 5.96. The molecule has 2 aliphatic rings. The zero-order valence-electron chi connectivity index (χ0n) is 17.2. The number of nitrogens with zero attached hydrogens (tertiary/aromatic N) is 4. The Bertz CT molecular complexity index is 895. The highest BCUT2D eigenvalue weighted by molar-refractivity contribution is 5.78. The number of nitrogens with two attached hydrogens (primary N) is 2. The van der Waals surface area contributed by atoms with Crippen LogP contribution in [0.4, 0.5) is 23.1 Å². The van der Waals surface area contributed by atoms with E-state index < -0.39 is 0 Å². The number of fused-ring (bicyclic) bond motifs is 1. The largest absolute Gasteiger partial charge is 0.399 e. The summed E-state index contributed by atoms with van der Waals surface area (Å²) < 4.78 is 2.15. The molecule has 2 heterocycles. The van der Waals surface area contributed by atoms with E-state index in [4.69, 9.17) is 16.5 Å². The van der Waals surface area contributed by atoms with Gasteiger partial charge < -0.3 is 26.7 Å². The molecule has 1 aromatic rings. The molecule has 0 saturated carbocycles. The van der Waals surface area contributed by atoms with Gasteiger partial charge in [-0.05, 0) is 51.0 Å². The van der Waals surface area contributed by atoms with E-state index in [-0.39, 0.29) is 18.0 Å². The molecule has 8 heteroatoms. The molecule has 1 aromatic carbocycles. The van der Waals surface area contributed by atoms with Gasteiger partial charge in [-0.3, -0.25) is 0 Å². The van der Waals surface area contributed by atoms with E-state index in [2.05, 4.69) is 53.1 Å². The molecule has 0 aliphatic carbocycles. The van der Waals surface area contributed by atoms with E-state index in [9.17, 15) is 0 Å². The second kappa shape index (κ2) is 8.02. The topological polar surface area (TPSA) is 120 Å². The number of anilines is 4. The lowest BCUT2D eigenvalue weighted by Crippen LogP contribution is -2.28. The molecule has 150 valence electrons. The third kappa shape index (κ3) is 4.01. The third-order valence-corrected chi connectivity index (χ3v) is 4.45. The molecule has 1 atom stereocenters. The Kier molecular flexibility index (Phi) is 5.69. The van der Waals surface area contributed by atoms with Gasteiger partial charge in [-0.25, -0.2) is 0 Å². The molecule has 0 aromatic heterocycles. The smallest absolute Gasteiger partial charge is 0.205 e.